The Morgan fingerprint density at radius 2 is 0.523 bits per heavy atom. The summed E-state index contributed by atoms with van der Waals surface area (Å²) in [5, 5.41) is 54.2. The lowest BCUT2D eigenvalue weighted by Gasteiger charge is -2.29. The Balaban J connectivity index is 1.36. The number of nitrogens with one attached hydrogen (secondary N) is 19. The van der Waals surface area contributed by atoms with Crippen molar-refractivity contribution in [2.24, 2.45) is 57.3 Å². The van der Waals surface area contributed by atoms with Gasteiger partial charge in [-0.15, -0.1) is 0 Å². The number of aliphatic carboxylic acids is 1. The molecule has 5 fully saturated rings. The average Bonchev–Trinajstić information content (AvgIpc) is 1.69. The second kappa shape index (κ2) is 65.7. The molecule has 50 heteroatoms. The van der Waals surface area contributed by atoms with E-state index in [0.717, 1.165) is 37.9 Å². The molecular formula is C82H160N34O16. The molecule has 0 bridgehead atoms. The van der Waals surface area contributed by atoms with E-state index >= 15 is 0 Å². The summed E-state index contributed by atoms with van der Waals surface area (Å²) in [4.78, 5) is 203. The highest BCUT2D eigenvalue weighted by atomic mass is 16.4. The van der Waals surface area contributed by atoms with E-state index in [0.29, 0.717) is 175 Å². The highest BCUT2D eigenvalue weighted by Gasteiger charge is 2.39. The van der Waals surface area contributed by atoms with E-state index in [9.17, 15) is 77.0 Å². The zero-order valence-corrected chi connectivity index (χ0v) is 77.0. The summed E-state index contributed by atoms with van der Waals surface area (Å²) in [6.45, 7) is 5.66. The molecule has 0 spiro atoms. The van der Waals surface area contributed by atoms with Crippen molar-refractivity contribution >= 4 is 90.6 Å². The molecule has 754 valence electrons. The van der Waals surface area contributed by atoms with Gasteiger partial charge in [0.1, 0.15) is 117 Å². The predicted molar refractivity (Wildman–Crippen MR) is 491 cm³/mol. The first-order valence-corrected chi connectivity index (χ1v) is 47.4. The van der Waals surface area contributed by atoms with Crippen LogP contribution in [0.3, 0.4) is 0 Å². The molecule has 5 aliphatic heterocycles. The maximum Gasteiger partial charge on any atom is 0.325 e. The van der Waals surface area contributed by atoms with Crippen LogP contribution in [-0.4, -0.2) is 334 Å². The fourth-order valence-corrected chi connectivity index (χ4v) is 16.4. The standard InChI is InChI=1S/C82H160N34O16/c1-53(77(131)132)102-72(126)61(105-75(129)66(32-13-41-100-81(89)90)111-116-47-19-24-58(116)52-121)27-4-8-36-95-70(124)62(106-107-67(33-14-42-101-82(91)92)76(130)112-43-15-20-54(112)48-117)28-5-9-35-94-69(123)59(103-73(127)64(30-11-39-98-79(85)86)109-114-45-17-22-56(114)50-119)25-2-6-34-93-68(122)60(104-74(128)65(31-12-40-99-80(87)88)110-115-46-18-23-57(115)51-120)26-3-7-37-96-71(125)63(29-10-38-97-78(83)84)108-113-44-16-21-55(113)49-118/h48-67,78-82,97-101,106-111H,2-47,83-92H2,1H3,(H,93,122)(H,94,123)(H,95,124)(H,96,125)(H,102,126)(H,103,127)(H,104,128)(H,105,129)(H,131,132)/t53-,54-,55-,56-,57-,58-,59-,60-,61-,62-,63-,64-,65-,66-,67-/m0/s1. The van der Waals surface area contributed by atoms with E-state index in [1.807, 2.05) is 0 Å². The van der Waals surface area contributed by atoms with Gasteiger partial charge in [0.05, 0.1) is 36.3 Å². The van der Waals surface area contributed by atoms with Crippen molar-refractivity contribution in [1.29, 1.82) is 0 Å². The third kappa shape index (κ3) is 44.7. The molecule has 5 saturated heterocycles. The summed E-state index contributed by atoms with van der Waals surface area (Å²) in [6, 6.07) is -13.0. The van der Waals surface area contributed by atoms with Crippen molar-refractivity contribution in [3.05, 3.63) is 0 Å². The van der Waals surface area contributed by atoms with E-state index in [-0.39, 0.29) is 128 Å². The van der Waals surface area contributed by atoms with Gasteiger partial charge in [0.15, 0.2) is 0 Å². The maximum absolute atomic E-state index is 14.8. The Bertz CT molecular complexity index is 3440. The van der Waals surface area contributed by atoms with Gasteiger partial charge in [0.25, 0.3) is 0 Å². The van der Waals surface area contributed by atoms with Gasteiger partial charge >= 0.3 is 5.97 Å². The lowest BCUT2D eigenvalue weighted by Crippen LogP contribution is -2.58. The number of hydrazine groups is 5. The molecule has 40 N–H and O–H groups in total. The molecule has 0 saturated carbocycles. The maximum atomic E-state index is 14.8. The molecule has 0 aliphatic carbocycles. The van der Waals surface area contributed by atoms with Gasteiger partial charge in [-0.25, -0.2) is 52.6 Å². The van der Waals surface area contributed by atoms with Crippen LogP contribution >= 0.6 is 0 Å². The summed E-state index contributed by atoms with van der Waals surface area (Å²) in [5.41, 5.74) is 76.5. The van der Waals surface area contributed by atoms with Gasteiger partial charge in [0, 0.05) is 58.9 Å². The zero-order valence-electron chi connectivity index (χ0n) is 77.0. The number of carbonyl (C=O) groups excluding carboxylic acids is 14. The van der Waals surface area contributed by atoms with Gasteiger partial charge in [-0.2, -0.15) is 0 Å². The van der Waals surface area contributed by atoms with Crippen molar-refractivity contribution in [3.8, 4) is 0 Å². The van der Waals surface area contributed by atoms with Crippen LogP contribution < -0.4 is 159 Å². The number of carboxylic acid groups (broad SMARTS) is 1. The summed E-state index contributed by atoms with van der Waals surface area (Å²) in [6.07, 6.45) is 12.1. The zero-order chi connectivity index (χ0) is 96.7. The first-order valence-electron chi connectivity index (χ1n) is 47.4. The van der Waals surface area contributed by atoms with Gasteiger partial charge < -0.3 is 134 Å². The number of carbonyl (C=O) groups is 15. The van der Waals surface area contributed by atoms with Gasteiger partial charge in [-0.3, -0.25) is 74.5 Å². The van der Waals surface area contributed by atoms with Crippen LogP contribution in [0.5, 0.6) is 0 Å². The van der Waals surface area contributed by atoms with Crippen LogP contribution in [0, 0.1) is 0 Å². The average molecular weight is 1880 g/mol. The molecule has 0 unspecified atom stereocenters. The second-order valence-electron chi connectivity index (χ2n) is 34.7. The molecule has 15 atom stereocenters. The minimum Gasteiger partial charge on any atom is -0.480 e. The molecule has 5 aliphatic rings. The Hall–Kier alpha value is -7.95. The van der Waals surface area contributed by atoms with E-state index < -0.39 is 169 Å². The molecule has 9 amide bonds. The minimum atomic E-state index is -1.33. The Labute approximate surface area is 774 Å². The molecule has 0 aromatic heterocycles. The quantitative estimate of drug-likeness (QED) is 0.0116. The van der Waals surface area contributed by atoms with Crippen LogP contribution in [0.4, 0.5) is 0 Å². The molecule has 0 aromatic carbocycles. The fourth-order valence-electron chi connectivity index (χ4n) is 16.4. The molecule has 5 heterocycles. The van der Waals surface area contributed by atoms with Crippen molar-refractivity contribution in [2.45, 2.75) is 334 Å². The van der Waals surface area contributed by atoms with E-state index in [4.69, 9.17) is 57.3 Å². The number of hydrogen-bond donors (Lipinski definition) is 30. The largest absolute Gasteiger partial charge is 0.480 e. The number of rotatable bonds is 75. The fraction of sp³-hybridized carbons (Fsp3) is 0.817. The van der Waals surface area contributed by atoms with E-state index in [2.05, 4.69) is 102 Å². The number of carboxylic acids is 1. The smallest absolute Gasteiger partial charge is 0.325 e. The number of nitrogens with two attached hydrogens (primary N) is 10. The van der Waals surface area contributed by atoms with Crippen LogP contribution in [0.1, 0.15) is 212 Å². The van der Waals surface area contributed by atoms with Crippen molar-refractivity contribution in [2.75, 3.05) is 91.6 Å². The highest BCUT2D eigenvalue weighted by Crippen LogP contribution is 2.22. The third-order valence-corrected chi connectivity index (χ3v) is 23.9. The summed E-state index contributed by atoms with van der Waals surface area (Å²) in [5.74, 6) is -6.07. The van der Waals surface area contributed by atoms with Crippen molar-refractivity contribution < 1.29 is 77.0 Å². The number of likely N-dealkylation sites (tertiary alicyclic amines) is 1. The lowest BCUT2D eigenvalue weighted by atomic mass is 10.0. The Kier molecular flexibility index (Phi) is 57.0. The predicted octanol–water partition coefficient (Wildman–Crippen LogP) is -10.8. The normalized spacial score (nSPS) is 20.3. The SMILES string of the molecule is C[C@H](NC(=O)[C@H](CCCCNC(=O)[C@H](CCCCNC(=O)[C@H](CCCCNC(=O)[C@H](CCCCNC(=O)[C@H](CCCNC(N)N)NN1CCC[C@H]1C=O)NC(=O)[C@H](CCCNC(N)N)NN1CCC[C@H]1C=O)NC(=O)[C@H](CCCNC(N)N)NN1CCC[C@H]1C=O)NN[C@@H](CCCNC(N)N)C(=O)N1CCC[C@H]1C=O)NC(=O)[C@H](CCCNC(N)N)NN1CCC[C@H]1C=O)C(=O)O. The van der Waals surface area contributed by atoms with E-state index in [1.54, 1.807) is 20.0 Å². The van der Waals surface area contributed by atoms with Gasteiger partial charge in [-0.1, -0.05) is 0 Å². The molecule has 132 heavy (non-hydrogen) atoms. The molecule has 50 nitrogen and oxygen atoms in total. The molecule has 0 aromatic rings. The summed E-state index contributed by atoms with van der Waals surface area (Å²) >= 11 is 0. The first-order chi connectivity index (χ1) is 63.4. The van der Waals surface area contributed by atoms with Crippen LogP contribution in [-0.2, 0) is 71.9 Å². The summed E-state index contributed by atoms with van der Waals surface area (Å²) in [7, 11) is 0. The van der Waals surface area contributed by atoms with Crippen molar-refractivity contribution in [1.82, 2.24) is 127 Å². The number of unbranched alkanes of at least 4 members (excludes halogenated alkanes) is 4. The summed E-state index contributed by atoms with van der Waals surface area (Å²) < 4.78 is 0. The van der Waals surface area contributed by atoms with Gasteiger partial charge in [0.2, 0.25) is 53.2 Å². The number of amides is 9. The lowest BCUT2D eigenvalue weighted by molar-refractivity contribution is -0.142. The Morgan fingerprint density at radius 3 is 0.818 bits per heavy atom. The monoisotopic (exact) mass is 1880 g/mol. The molecule has 5 rings (SSSR count). The number of hydrogen-bond acceptors (Lipinski definition) is 40. The minimum absolute atomic E-state index is 0.00540. The van der Waals surface area contributed by atoms with Crippen LogP contribution in [0.2, 0.25) is 0 Å². The van der Waals surface area contributed by atoms with Gasteiger partial charge in [-0.05, 0) is 245 Å². The second-order valence-corrected chi connectivity index (χ2v) is 34.7. The van der Waals surface area contributed by atoms with Crippen LogP contribution in [0.25, 0.3) is 0 Å². The third-order valence-electron chi connectivity index (χ3n) is 23.9. The molecule has 0 radical (unpaired) electrons. The topological polar surface area (TPSA) is 781 Å². The van der Waals surface area contributed by atoms with E-state index in [1.165, 1.54) is 11.8 Å². The number of aldehydes is 5. The van der Waals surface area contributed by atoms with Crippen molar-refractivity contribution in [3.63, 3.8) is 0 Å². The Morgan fingerprint density at radius 1 is 0.288 bits per heavy atom. The first kappa shape index (κ1) is 115. The molecular weight excluding hydrogens is 1720 g/mol. The highest BCUT2D eigenvalue weighted by molar-refractivity contribution is 5.93. The number of nitrogens with zero attached hydrogens (tertiary/aromatic N) is 5. The van der Waals surface area contributed by atoms with Crippen LogP contribution in [0.15, 0.2) is 0 Å².